The van der Waals surface area contributed by atoms with E-state index in [9.17, 15) is 4.79 Å². The number of hydrazone groups is 1. The number of carbonyl (C=O) groups excluding carboxylic acids is 1. The monoisotopic (exact) mass is 370 g/mol. The maximum atomic E-state index is 11.8. The number of halogens is 3. The third kappa shape index (κ3) is 4.07. The van der Waals surface area contributed by atoms with Gasteiger partial charge in [-0.2, -0.15) is 5.10 Å². The van der Waals surface area contributed by atoms with Crippen molar-refractivity contribution < 1.29 is 4.79 Å². The Morgan fingerprint density at radius 3 is 2.45 bits per heavy atom. The summed E-state index contributed by atoms with van der Waals surface area (Å²) in [6, 6.07) is 12.2. The minimum atomic E-state index is -0.350. The molecule has 0 spiro atoms. The molecule has 2 aromatic carbocycles. The molecule has 2 rings (SSSR count). The number of nitrogens with one attached hydrogen (secondary N) is 1. The van der Waals surface area contributed by atoms with Gasteiger partial charge < -0.3 is 0 Å². The summed E-state index contributed by atoms with van der Waals surface area (Å²) in [5.41, 5.74) is 3.70. The summed E-state index contributed by atoms with van der Waals surface area (Å²) in [7, 11) is 0. The topological polar surface area (TPSA) is 41.5 Å². The van der Waals surface area contributed by atoms with E-state index in [1.807, 2.05) is 24.3 Å². The van der Waals surface area contributed by atoms with Crippen LogP contribution in [0.2, 0.25) is 10.0 Å². The predicted octanol–water partition coefficient (Wildman–Crippen LogP) is 4.52. The molecule has 3 nitrogen and oxygen atoms in total. The van der Waals surface area contributed by atoms with Crippen molar-refractivity contribution in [1.82, 2.24) is 5.43 Å². The molecule has 6 heteroatoms. The Labute approximate surface area is 134 Å². The number of nitrogens with zero attached hydrogens (tertiary/aromatic N) is 1. The Hall–Kier alpha value is -1.36. The maximum absolute atomic E-state index is 11.8. The van der Waals surface area contributed by atoms with Crippen LogP contribution in [-0.2, 0) is 0 Å². The second-order valence-corrected chi connectivity index (χ2v) is 5.61. The molecule has 102 valence electrons. The SMILES string of the molecule is O=C(N/N=C/c1ccc(Br)cc1)c1ccc(Cl)c(Cl)c1. The first kappa shape index (κ1) is 15.0. The van der Waals surface area contributed by atoms with Crippen LogP contribution >= 0.6 is 39.1 Å². The quantitative estimate of drug-likeness (QED) is 0.625. The highest BCUT2D eigenvalue weighted by atomic mass is 79.9. The van der Waals surface area contributed by atoms with Crippen LogP contribution in [0.15, 0.2) is 52.0 Å². The molecule has 0 aliphatic carbocycles. The lowest BCUT2D eigenvalue weighted by molar-refractivity contribution is 0.0955. The van der Waals surface area contributed by atoms with Gasteiger partial charge in [-0.1, -0.05) is 51.3 Å². The van der Waals surface area contributed by atoms with E-state index < -0.39 is 0 Å². The lowest BCUT2D eigenvalue weighted by atomic mass is 10.2. The van der Waals surface area contributed by atoms with E-state index in [0.717, 1.165) is 10.0 Å². The van der Waals surface area contributed by atoms with Gasteiger partial charge in [0.2, 0.25) is 0 Å². The molecule has 0 aliphatic heterocycles. The van der Waals surface area contributed by atoms with Gasteiger partial charge in [-0.15, -0.1) is 0 Å². The molecule has 20 heavy (non-hydrogen) atoms. The summed E-state index contributed by atoms with van der Waals surface area (Å²) in [5.74, 6) is -0.350. The standard InChI is InChI=1S/C14H9BrCl2N2O/c15-11-4-1-9(2-5-11)8-18-19-14(20)10-3-6-12(16)13(17)7-10/h1-8H,(H,19,20)/b18-8+. The van der Waals surface area contributed by atoms with Gasteiger partial charge in [0.1, 0.15) is 0 Å². The lowest BCUT2D eigenvalue weighted by Crippen LogP contribution is -2.17. The molecule has 0 bridgehead atoms. The van der Waals surface area contributed by atoms with E-state index >= 15 is 0 Å². The van der Waals surface area contributed by atoms with E-state index in [1.54, 1.807) is 18.3 Å². The summed E-state index contributed by atoms with van der Waals surface area (Å²) in [4.78, 5) is 11.8. The molecule has 0 fully saturated rings. The number of hydrogen-bond donors (Lipinski definition) is 1. The van der Waals surface area contributed by atoms with Crippen molar-refractivity contribution in [3.63, 3.8) is 0 Å². The van der Waals surface area contributed by atoms with E-state index in [4.69, 9.17) is 23.2 Å². The van der Waals surface area contributed by atoms with Crippen LogP contribution in [0.4, 0.5) is 0 Å². The molecule has 0 radical (unpaired) electrons. The zero-order chi connectivity index (χ0) is 14.5. The molecule has 0 atom stereocenters. The highest BCUT2D eigenvalue weighted by Crippen LogP contribution is 2.22. The fourth-order valence-corrected chi connectivity index (χ4v) is 1.98. The predicted molar refractivity (Wildman–Crippen MR) is 85.7 cm³/mol. The Kier molecular flexibility index (Phi) is 5.17. The van der Waals surface area contributed by atoms with Crippen LogP contribution in [0.1, 0.15) is 15.9 Å². The van der Waals surface area contributed by atoms with Crippen LogP contribution < -0.4 is 5.43 Å². The molecule has 2 aromatic rings. The van der Waals surface area contributed by atoms with Crippen LogP contribution in [0.3, 0.4) is 0 Å². The third-order valence-corrected chi connectivity index (χ3v) is 3.70. The van der Waals surface area contributed by atoms with Crippen molar-refractivity contribution in [1.29, 1.82) is 0 Å². The van der Waals surface area contributed by atoms with Gasteiger partial charge in [-0.3, -0.25) is 4.79 Å². The highest BCUT2D eigenvalue weighted by molar-refractivity contribution is 9.10. The van der Waals surface area contributed by atoms with Gasteiger partial charge >= 0.3 is 0 Å². The molecule has 0 heterocycles. The maximum Gasteiger partial charge on any atom is 0.271 e. The fraction of sp³-hybridized carbons (Fsp3) is 0. The first-order valence-corrected chi connectivity index (χ1v) is 7.15. The Bertz CT molecular complexity index is 657. The zero-order valence-electron chi connectivity index (χ0n) is 10.1. The van der Waals surface area contributed by atoms with Crippen LogP contribution in [0.5, 0.6) is 0 Å². The van der Waals surface area contributed by atoms with Crippen molar-refractivity contribution >= 4 is 51.3 Å². The summed E-state index contributed by atoms with van der Waals surface area (Å²) in [6.45, 7) is 0. The minimum absolute atomic E-state index is 0.330. The Balaban J connectivity index is 2.01. The second kappa shape index (κ2) is 6.88. The number of benzene rings is 2. The molecule has 1 N–H and O–H groups in total. The normalized spacial score (nSPS) is 10.8. The van der Waals surface area contributed by atoms with E-state index in [0.29, 0.717) is 15.6 Å². The molecule has 0 saturated carbocycles. The first-order valence-electron chi connectivity index (χ1n) is 5.60. The number of hydrogen-bond acceptors (Lipinski definition) is 2. The summed E-state index contributed by atoms with van der Waals surface area (Å²) < 4.78 is 0.981. The summed E-state index contributed by atoms with van der Waals surface area (Å²) in [5, 5.41) is 4.62. The molecule has 0 saturated heterocycles. The van der Waals surface area contributed by atoms with Crippen molar-refractivity contribution in [3.8, 4) is 0 Å². The summed E-state index contributed by atoms with van der Waals surface area (Å²) in [6.07, 6.45) is 1.56. The van der Waals surface area contributed by atoms with Gasteiger partial charge in [0.05, 0.1) is 16.3 Å². The van der Waals surface area contributed by atoms with E-state index in [2.05, 4.69) is 26.5 Å². The average Bonchev–Trinajstić information content (AvgIpc) is 2.44. The second-order valence-electron chi connectivity index (χ2n) is 3.88. The first-order chi connectivity index (χ1) is 9.56. The van der Waals surface area contributed by atoms with Crippen molar-refractivity contribution in [2.75, 3.05) is 0 Å². The summed E-state index contributed by atoms with van der Waals surface area (Å²) >= 11 is 15.0. The number of rotatable bonds is 3. The molecule has 1 amide bonds. The molecule has 0 unspecified atom stereocenters. The van der Waals surface area contributed by atoms with Crippen LogP contribution in [0, 0.1) is 0 Å². The number of carbonyl (C=O) groups is 1. The van der Waals surface area contributed by atoms with Gasteiger partial charge in [-0.05, 0) is 35.9 Å². The molecule has 0 aromatic heterocycles. The van der Waals surface area contributed by atoms with Gasteiger partial charge in [0.15, 0.2) is 0 Å². The van der Waals surface area contributed by atoms with E-state index in [-0.39, 0.29) is 5.91 Å². The molecular weight excluding hydrogens is 363 g/mol. The zero-order valence-corrected chi connectivity index (χ0v) is 13.2. The van der Waals surface area contributed by atoms with Crippen molar-refractivity contribution in [2.24, 2.45) is 5.10 Å². The van der Waals surface area contributed by atoms with Crippen LogP contribution in [0.25, 0.3) is 0 Å². The Morgan fingerprint density at radius 1 is 1.10 bits per heavy atom. The largest absolute Gasteiger partial charge is 0.271 e. The smallest absolute Gasteiger partial charge is 0.267 e. The van der Waals surface area contributed by atoms with Gasteiger partial charge in [0.25, 0.3) is 5.91 Å². The van der Waals surface area contributed by atoms with Crippen molar-refractivity contribution in [2.45, 2.75) is 0 Å². The highest BCUT2D eigenvalue weighted by Gasteiger charge is 2.06. The lowest BCUT2D eigenvalue weighted by Gasteiger charge is -2.01. The van der Waals surface area contributed by atoms with Gasteiger partial charge in [-0.25, -0.2) is 5.43 Å². The Morgan fingerprint density at radius 2 is 1.80 bits per heavy atom. The molecular formula is C14H9BrCl2N2O. The molecule has 0 aliphatic rings. The van der Waals surface area contributed by atoms with Gasteiger partial charge in [0, 0.05) is 10.0 Å². The number of amides is 1. The van der Waals surface area contributed by atoms with E-state index in [1.165, 1.54) is 6.07 Å². The minimum Gasteiger partial charge on any atom is -0.267 e. The fourth-order valence-electron chi connectivity index (χ4n) is 1.42. The van der Waals surface area contributed by atoms with Crippen molar-refractivity contribution in [3.05, 3.63) is 68.1 Å². The third-order valence-electron chi connectivity index (χ3n) is 2.43. The van der Waals surface area contributed by atoms with Crippen LogP contribution in [-0.4, -0.2) is 12.1 Å². The average molecular weight is 372 g/mol.